The SMILES string of the molecule is COc1cc2cc(CN(C)C)c3cc(OC)c(OC)cc3c2cc1OC. The van der Waals surface area contributed by atoms with E-state index in [0.717, 1.165) is 39.6 Å². The summed E-state index contributed by atoms with van der Waals surface area (Å²) in [5.41, 5.74) is 1.21. The summed E-state index contributed by atoms with van der Waals surface area (Å²) in [4.78, 5) is 2.15. The number of ether oxygens (including phenoxy) is 4. The van der Waals surface area contributed by atoms with E-state index in [9.17, 15) is 0 Å². The molecule has 0 radical (unpaired) electrons. The average Bonchev–Trinajstić information content (AvgIpc) is 2.65. The summed E-state index contributed by atoms with van der Waals surface area (Å²) < 4.78 is 22.0. The second-order valence-electron chi connectivity index (χ2n) is 6.45. The van der Waals surface area contributed by atoms with Crippen LogP contribution in [0.4, 0.5) is 0 Å². The molecule has 26 heavy (non-hydrogen) atoms. The minimum absolute atomic E-state index is 0.705. The van der Waals surface area contributed by atoms with Gasteiger partial charge in [-0.05, 0) is 71.5 Å². The molecule has 0 aliphatic carbocycles. The summed E-state index contributed by atoms with van der Waals surface area (Å²) in [5, 5.41) is 4.41. The van der Waals surface area contributed by atoms with Gasteiger partial charge in [-0.3, -0.25) is 0 Å². The molecule has 3 aromatic carbocycles. The van der Waals surface area contributed by atoms with Crippen molar-refractivity contribution in [2.24, 2.45) is 0 Å². The zero-order valence-corrected chi connectivity index (χ0v) is 16.2. The van der Waals surface area contributed by atoms with Gasteiger partial charge in [-0.2, -0.15) is 0 Å². The standard InChI is InChI=1S/C21H25NO4/c1-22(2)12-14-7-13-8-18(23-3)19(24-4)9-15(13)17-11-21(26-6)20(25-5)10-16(14)17/h7-11H,12H2,1-6H3. The van der Waals surface area contributed by atoms with Gasteiger partial charge in [0.15, 0.2) is 23.0 Å². The fourth-order valence-corrected chi connectivity index (χ4v) is 3.35. The van der Waals surface area contributed by atoms with Gasteiger partial charge in [0, 0.05) is 6.54 Å². The van der Waals surface area contributed by atoms with E-state index in [-0.39, 0.29) is 0 Å². The lowest BCUT2D eigenvalue weighted by Crippen LogP contribution is -2.11. The summed E-state index contributed by atoms with van der Waals surface area (Å²) >= 11 is 0. The molecule has 0 atom stereocenters. The highest BCUT2D eigenvalue weighted by atomic mass is 16.5. The lowest BCUT2D eigenvalue weighted by molar-refractivity contribution is 0.355. The van der Waals surface area contributed by atoms with Crippen LogP contribution in [-0.4, -0.2) is 47.4 Å². The first-order chi connectivity index (χ1) is 12.5. The molecule has 0 saturated carbocycles. The van der Waals surface area contributed by atoms with Gasteiger partial charge >= 0.3 is 0 Å². The fourth-order valence-electron chi connectivity index (χ4n) is 3.35. The van der Waals surface area contributed by atoms with Gasteiger partial charge in [-0.25, -0.2) is 0 Å². The van der Waals surface area contributed by atoms with Crippen molar-refractivity contribution in [1.82, 2.24) is 4.90 Å². The third-order valence-corrected chi connectivity index (χ3v) is 4.53. The third-order valence-electron chi connectivity index (χ3n) is 4.53. The van der Waals surface area contributed by atoms with E-state index in [0.29, 0.717) is 11.5 Å². The Morgan fingerprint density at radius 1 is 0.615 bits per heavy atom. The zero-order valence-electron chi connectivity index (χ0n) is 16.2. The molecule has 0 aliphatic rings. The maximum absolute atomic E-state index is 5.52. The van der Waals surface area contributed by atoms with Crippen molar-refractivity contribution < 1.29 is 18.9 Å². The molecule has 0 fully saturated rings. The van der Waals surface area contributed by atoms with Crippen LogP contribution in [0.25, 0.3) is 21.5 Å². The Morgan fingerprint density at radius 2 is 1.08 bits per heavy atom. The predicted octanol–water partition coefficient (Wildman–Crippen LogP) is 4.09. The van der Waals surface area contributed by atoms with Gasteiger partial charge in [-0.15, -0.1) is 0 Å². The van der Waals surface area contributed by atoms with E-state index >= 15 is 0 Å². The first kappa shape index (κ1) is 18.1. The minimum Gasteiger partial charge on any atom is -0.493 e. The van der Waals surface area contributed by atoms with Crippen molar-refractivity contribution in [3.63, 3.8) is 0 Å². The van der Waals surface area contributed by atoms with E-state index in [2.05, 4.69) is 25.1 Å². The van der Waals surface area contributed by atoms with Gasteiger partial charge in [0.05, 0.1) is 28.4 Å². The van der Waals surface area contributed by atoms with E-state index in [1.54, 1.807) is 28.4 Å². The summed E-state index contributed by atoms with van der Waals surface area (Å²) in [6, 6.07) is 10.3. The molecule has 0 amide bonds. The number of methoxy groups -OCH3 is 4. The van der Waals surface area contributed by atoms with E-state index in [1.807, 2.05) is 24.3 Å². The monoisotopic (exact) mass is 355 g/mol. The summed E-state index contributed by atoms with van der Waals surface area (Å²) in [7, 11) is 10.7. The molecule has 0 bridgehead atoms. The van der Waals surface area contributed by atoms with Gasteiger partial charge in [0.25, 0.3) is 0 Å². The Kier molecular flexibility index (Phi) is 5.09. The topological polar surface area (TPSA) is 40.2 Å². The number of benzene rings is 3. The maximum Gasteiger partial charge on any atom is 0.161 e. The Hall–Kier alpha value is -2.66. The van der Waals surface area contributed by atoms with Gasteiger partial charge < -0.3 is 23.8 Å². The Bertz CT molecular complexity index is 950. The molecule has 0 aliphatic heterocycles. The van der Waals surface area contributed by atoms with Crippen LogP contribution in [0, 0.1) is 0 Å². The first-order valence-corrected chi connectivity index (χ1v) is 8.40. The van der Waals surface area contributed by atoms with E-state index in [4.69, 9.17) is 18.9 Å². The molecular weight excluding hydrogens is 330 g/mol. The highest BCUT2D eigenvalue weighted by Gasteiger charge is 2.15. The molecule has 0 N–H and O–H groups in total. The van der Waals surface area contributed by atoms with Crippen LogP contribution >= 0.6 is 0 Å². The number of rotatable bonds is 6. The van der Waals surface area contributed by atoms with Crippen molar-refractivity contribution >= 4 is 21.5 Å². The molecule has 0 unspecified atom stereocenters. The second kappa shape index (κ2) is 7.30. The Balaban J connectivity index is 2.44. The van der Waals surface area contributed by atoms with Gasteiger partial charge in [0.1, 0.15) is 0 Å². The van der Waals surface area contributed by atoms with Gasteiger partial charge in [0.2, 0.25) is 0 Å². The molecule has 138 valence electrons. The van der Waals surface area contributed by atoms with Gasteiger partial charge in [-0.1, -0.05) is 0 Å². The third kappa shape index (κ3) is 3.10. The smallest absolute Gasteiger partial charge is 0.161 e. The van der Waals surface area contributed by atoms with Crippen LogP contribution in [0.2, 0.25) is 0 Å². The van der Waals surface area contributed by atoms with Crippen LogP contribution in [-0.2, 0) is 6.54 Å². The Labute approximate surface area is 154 Å². The van der Waals surface area contributed by atoms with Crippen molar-refractivity contribution in [3.8, 4) is 23.0 Å². The van der Waals surface area contributed by atoms with Crippen LogP contribution in [0.15, 0.2) is 30.3 Å². The number of hydrogen-bond donors (Lipinski definition) is 0. The second-order valence-corrected chi connectivity index (χ2v) is 6.45. The normalized spacial score (nSPS) is 11.2. The lowest BCUT2D eigenvalue weighted by atomic mass is 9.96. The first-order valence-electron chi connectivity index (χ1n) is 8.40. The zero-order chi connectivity index (χ0) is 18.8. The maximum atomic E-state index is 5.52. The molecule has 3 aromatic rings. The summed E-state index contributed by atoms with van der Waals surface area (Å²) in [5.74, 6) is 2.85. The molecule has 0 spiro atoms. The van der Waals surface area contributed by atoms with Crippen molar-refractivity contribution in [3.05, 3.63) is 35.9 Å². The average molecular weight is 355 g/mol. The van der Waals surface area contributed by atoms with E-state index in [1.165, 1.54) is 5.56 Å². The molecule has 0 saturated heterocycles. The highest BCUT2D eigenvalue weighted by Crippen LogP contribution is 2.41. The van der Waals surface area contributed by atoms with Crippen molar-refractivity contribution in [1.29, 1.82) is 0 Å². The predicted molar refractivity (Wildman–Crippen MR) is 105 cm³/mol. The molecule has 0 heterocycles. The summed E-state index contributed by atoms with van der Waals surface area (Å²) in [6.45, 7) is 0.816. The molecule has 5 heteroatoms. The Morgan fingerprint density at radius 3 is 1.58 bits per heavy atom. The van der Waals surface area contributed by atoms with Crippen LogP contribution in [0.1, 0.15) is 5.56 Å². The minimum atomic E-state index is 0.705. The summed E-state index contributed by atoms with van der Waals surface area (Å²) in [6.07, 6.45) is 0. The van der Waals surface area contributed by atoms with E-state index < -0.39 is 0 Å². The quantitative estimate of drug-likeness (QED) is 0.623. The fraction of sp³-hybridized carbons (Fsp3) is 0.333. The molecule has 5 nitrogen and oxygen atoms in total. The van der Waals surface area contributed by atoms with Crippen molar-refractivity contribution in [2.75, 3.05) is 42.5 Å². The van der Waals surface area contributed by atoms with Crippen LogP contribution in [0.3, 0.4) is 0 Å². The van der Waals surface area contributed by atoms with Crippen LogP contribution in [0.5, 0.6) is 23.0 Å². The highest BCUT2D eigenvalue weighted by molar-refractivity contribution is 6.11. The lowest BCUT2D eigenvalue weighted by Gasteiger charge is -2.18. The molecule has 0 aromatic heterocycles. The molecular formula is C21H25NO4. The largest absolute Gasteiger partial charge is 0.493 e. The number of fused-ring (bicyclic) bond motifs is 3. The number of hydrogen-bond acceptors (Lipinski definition) is 5. The number of nitrogens with zero attached hydrogens (tertiary/aromatic N) is 1. The molecule has 3 rings (SSSR count). The van der Waals surface area contributed by atoms with Crippen LogP contribution < -0.4 is 18.9 Å². The van der Waals surface area contributed by atoms with Crippen molar-refractivity contribution in [2.45, 2.75) is 6.54 Å².